The maximum absolute atomic E-state index is 12.3. The zero-order chi connectivity index (χ0) is 15.3. The third-order valence-corrected chi connectivity index (χ3v) is 4.20. The van der Waals surface area contributed by atoms with Gasteiger partial charge in [-0.05, 0) is 19.3 Å². The number of urea groups is 1. The third kappa shape index (κ3) is 6.11. The minimum Gasteiger partial charge on any atom is -0.335 e. The molecule has 1 aliphatic carbocycles. The van der Waals surface area contributed by atoms with Gasteiger partial charge in [0.05, 0.1) is 6.54 Å². The molecule has 0 aromatic carbocycles. The molecule has 1 heterocycles. The van der Waals surface area contributed by atoms with E-state index < -0.39 is 12.7 Å². The molecule has 7 heteroatoms. The smallest absolute Gasteiger partial charge is 0.335 e. The maximum Gasteiger partial charge on any atom is 0.401 e. The molecule has 0 spiro atoms. The number of carbonyl (C=O) groups excluding carboxylic acids is 1. The highest BCUT2D eigenvalue weighted by Crippen LogP contribution is 2.20. The molecule has 2 fully saturated rings. The molecule has 2 amide bonds. The van der Waals surface area contributed by atoms with Crippen LogP contribution in [0.25, 0.3) is 0 Å². The highest BCUT2D eigenvalue weighted by Gasteiger charge is 2.34. The molecule has 0 aromatic heterocycles. The molecule has 0 radical (unpaired) electrons. The molecule has 1 saturated carbocycles. The number of carbonyl (C=O) groups is 1. The maximum atomic E-state index is 12.3. The molecule has 0 aromatic rings. The number of nitrogens with zero attached hydrogens (tertiary/aromatic N) is 1. The first kappa shape index (κ1) is 16.4. The second-order valence-electron chi connectivity index (χ2n) is 6.14. The Morgan fingerprint density at radius 1 is 1.00 bits per heavy atom. The Morgan fingerprint density at radius 2 is 1.62 bits per heavy atom. The van der Waals surface area contributed by atoms with E-state index in [0.29, 0.717) is 13.0 Å². The van der Waals surface area contributed by atoms with Gasteiger partial charge < -0.3 is 10.6 Å². The van der Waals surface area contributed by atoms with Crippen molar-refractivity contribution in [2.24, 2.45) is 0 Å². The number of rotatable bonds is 3. The average molecular weight is 307 g/mol. The number of likely N-dealkylation sites (tertiary alicyclic amines) is 1. The molecule has 2 rings (SSSR count). The molecule has 1 atom stereocenters. The van der Waals surface area contributed by atoms with E-state index in [2.05, 4.69) is 10.6 Å². The van der Waals surface area contributed by atoms with Crippen LogP contribution >= 0.6 is 0 Å². The van der Waals surface area contributed by atoms with Gasteiger partial charge in [0.15, 0.2) is 0 Å². The highest BCUT2D eigenvalue weighted by atomic mass is 19.4. The van der Waals surface area contributed by atoms with Crippen molar-refractivity contribution < 1.29 is 18.0 Å². The number of hydrogen-bond donors (Lipinski definition) is 2. The highest BCUT2D eigenvalue weighted by molar-refractivity contribution is 5.74. The molecular formula is C14H24F3N3O. The van der Waals surface area contributed by atoms with E-state index >= 15 is 0 Å². The summed E-state index contributed by atoms with van der Waals surface area (Å²) in [7, 11) is 0. The molecule has 1 saturated heterocycles. The van der Waals surface area contributed by atoms with Crippen molar-refractivity contribution in [3.05, 3.63) is 0 Å². The lowest BCUT2D eigenvalue weighted by atomic mass is 10.1. The van der Waals surface area contributed by atoms with Gasteiger partial charge in [0.2, 0.25) is 0 Å². The zero-order valence-corrected chi connectivity index (χ0v) is 12.2. The van der Waals surface area contributed by atoms with Crippen molar-refractivity contribution >= 4 is 6.03 Å². The van der Waals surface area contributed by atoms with Gasteiger partial charge >= 0.3 is 12.2 Å². The molecule has 2 aliphatic rings. The van der Waals surface area contributed by atoms with E-state index in [1.54, 1.807) is 0 Å². The average Bonchev–Trinajstić information content (AvgIpc) is 2.62. The summed E-state index contributed by atoms with van der Waals surface area (Å²) in [5.74, 6) is 0. The topological polar surface area (TPSA) is 44.4 Å². The fourth-order valence-electron chi connectivity index (χ4n) is 3.18. The Balaban J connectivity index is 1.68. The van der Waals surface area contributed by atoms with Crippen molar-refractivity contribution in [1.82, 2.24) is 15.5 Å². The summed E-state index contributed by atoms with van der Waals surface area (Å²) < 4.78 is 36.9. The van der Waals surface area contributed by atoms with E-state index in [1.807, 2.05) is 0 Å². The molecule has 1 unspecified atom stereocenters. The minimum absolute atomic E-state index is 0.182. The van der Waals surface area contributed by atoms with E-state index in [9.17, 15) is 18.0 Å². The normalized spacial score (nSPS) is 25.6. The summed E-state index contributed by atoms with van der Waals surface area (Å²) in [6, 6.07) is -0.209. The van der Waals surface area contributed by atoms with Crippen molar-refractivity contribution in [2.75, 3.05) is 19.6 Å². The lowest BCUT2D eigenvalue weighted by Crippen LogP contribution is -2.47. The fourth-order valence-corrected chi connectivity index (χ4v) is 3.18. The van der Waals surface area contributed by atoms with Gasteiger partial charge in [0, 0.05) is 25.2 Å². The van der Waals surface area contributed by atoms with Gasteiger partial charge in [0.1, 0.15) is 0 Å². The molecule has 1 aliphatic heterocycles. The van der Waals surface area contributed by atoms with Crippen LogP contribution in [-0.2, 0) is 0 Å². The van der Waals surface area contributed by atoms with Crippen molar-refractivity contribution in [2.45, 2.75) is 63.2 Å². The second kappa shape index (κ2) is 7.33. The van der Waals surface area contributed by atoms with Crippen molar-refractivity contribution in [1.29, 1.82) is 0 Å². The number of hydrogen-bond acceptors (Lipinski definition) is 2. The molecule has 2 N–H and O–H groups in total. The first-order valence-electron chi connectivity index (χ1n) is 7.78. The van der Waals surface area contributed by atoms with E-state index in [4.69, 9.17) is 0 Å². The molecule has 122 valence electrons. The summed E-state index contributed by atoms with van der Waals surface area (Å²) >= 11 is 0. The van der Waals surface area contributed by atoms with Crippen LogP contribution in [-0.4, -0.2) is 48.8 Å². The summed E-state index contributed by atoms with van der Waals surface area (Å²) in [5.41, 5.74) is 0. The van der Waals surface area contributed by atoms with E-state index in [-0.39, 0.29) is 24.7 Å². The summed E-state index contributed by atoms with van der Waals surface area (Å²) in [5, 5.41) is 5.76. The lowest BCUT2D eigenvalue weighted by Gasteiger charge is -2.20. The SMILES string of the molecule is O=C(NC1CCCCCC1)NC1CCN(CC(F)(F)F)C1. The standard InChI is InChI=1S/C14H24F3N3O/c15-14(16,17)10-20-8-7-12(9-20)19-13(21)18-11-5-3-1-2-4-6-11/h11-12H,1-10H2,(H2,18,19,21). The largest absolute Gasteiger partial charge is 0.401 e. The third-order valence-electron chi connectivity index (χ3n) is 4.20. The summed E-state index contributed by atoms with van der Waals surface area (Å²) in [6.07, 6.45) is 3.10. The van der Waals surface area contributed by atoms with Crippen molar-refractivity contribution in [3.8, 4) is 0 Å². The van der Waals surface area contributed by atoms with Crippen LogP contribution in [0.15, 0.2) is 0 Å². The predicted octanol–water partition coefficient (Wildman–Crippen LogP) is 2.65. The Bertz CT molecular complexity index is 341. The van der Waals surface area contributed by atoms with Gasteiger partial charge in [-0.1, -0.05) is 25.7 Å². The van der Waals surface area contributed by atoms with Crippen LogP contribution in [0.5, 0.6) is 0 Å². The van der Waals surface area contributed by atoms with Crippen LogP contribution in [0.4, 0.5) is 18.0 Å². The van der Waals surface area contributed by atoms with Gasteiger partial charge in [-0.3, -0.25) is 4.90 Å². The quantitative estimate of drug-likeness (QED) is 0.787. The zero-order valence-electron chi connectivity index (χ0n) is 12.2. The first-order valence-corrected chi connectivity index (χ1v) is 7.78. The fraction of sp³-hybridized carbons (Fsp3) is 0.929. The van der Waals surface area contributed by atoms with Gasteiger partial charge in [0.25, 0.3) is 0 Å². The lowest BCUT2D eigenvalue weighted by molar-refractivity contribution is -0.143. The number of halogens is 3. The summed E-state index contributed by atoms with van der Waals surface area (Å²) in [6.45, 7) is -0.235. The Hall–Kier alpha value is -0.980. The molecular weight excluding hydrogens is 283 g/mol. The minimum atomic E-state index is -4.17. The van der Waals surface area contributed by atoms with Gasteiger partial charge in [-0.15, -0.1) is 0 Å². The van der Waals surface area contributed by atoms with Crippen LogP contribution in [0.2, 0.25) is 0 Å². The Morgan fingerprint density at radius 3 is 2.24 bits per heavy atom. The number of alkyl halides is 3. The second-order valence-corrected chi connectivity index (χ2v) is 6.14. The van der Waals surface area contributed by atoms with Gasteiger partial charge in [-0.25, -0.2) is 4.79 Å². The van der Waals surface area contributed by atoms with Crippen LogP contribution in [0, 0.1) is 0 Å². The molecule has 4 nitrogen and oxygen atoms in total. The number of amides is 2. The van der Waals surface area contributed by atoms with Gasteiger partial charge in [-0.2, -0.15) is 13.2 Å². The summed E-state index contributed by atoms with van der Waals surface area (Å²) in [4.78, 5) is 13.3. The molecule has 0 bridgehead atoms. The first-order chi connectivity index (χ1) is 9.92. The Kier molecular flexibility index (Phi) is 5.72. The predicted molar refractivity (Wildman–Crippen MR) is 74.1 cm³/mol. The van der Waals surface area contributed by atoms with Crippen LogP contribution < -0.4 is 10.6 Å². The molecule has 21 heavy (non-hydrogen) atoms. The monoisotopic (exact) mass is 307 g/mol. The Labute approximate surface area is 123 Å². The number of nitrogens with one attached hydrogen (secondary N) is 2. The van der Waals surface area contributed by atoms with Crippen molar-refractivity contribution in [3.63, 3.8) is 0 Å². The van der Waals surface area contributed by atoms with Crippen LogP contribution in [0.3, 0.4) is 0 Å². The van der Waals surface area contributed by atoms with E-state index in [0.717, 1.165) is 25.7 Å². The van der Waals surface area contributed by atoms with Crippen LogP contribution in [0.1, 0.15) is 44.9 Å². The van der Waals surface area contributed by atoms with E-state index in [1.165, 1.54) is 17.7 Å².